The van der Waals surface area contributed by atoms with Crippen LogP contribution in [-0.2, 0) is 16.6 Å². The highest BCUT2D eigenvalue weighted by Crippen LogP contribution is 2.20. The first-order valence-corrected chi connectivity index (χ1v) is 8.96. The largest absolute Gasteiger partial charge is 0.241 e. The van der Waals surface area contributed by atoms with Gasteiger partial charge < -0.3 is 0 Å². The van der Waals surface area contributed by atoms with Gasteiger partial charge in [-0.3, -0.25) is 0 Å². The molecule has 0 atom stereocenters. The van der Waals surface area contributed by atoms with Crippen molar-refractivity contribution in [3.63, 3.8) is 0 Å². The highest BCUT2D eigenvalue weighted by atomic mass is 79.9. The molecule has 0 saturated heterocycles. The monoisotopic (exact) mass is 417 g/mol. The van der Waals surface area contributed by atoms with E-state index in [2.05, 4.69) is 36.6 Å². The number of hydrogen-bond donors (Lipinski definition) is 1. The average Bonchev–Trinajstić information content (AvgIpc) is 2.41. The number of sulfonamides is 1. The zero-order valence-electron chi connectivity index (χ0n) is 10.7. The zero-order chi connectivity index (χ0) is 14.8. The van der Waals surface area contributed by atoms with E-state index in [1.807, 2.05) is 30.3 Å². The molecule has 2 aromatic rings. The molecule has 0 unspecified atom stereocenters. The van der Waals surface area contributed by atoms with E-state index < -0.39 is 10.0 Å². The second-order valence-electron chi connectivity index (χ2n) is 4.36. The molecule has 0 saturated carbocycles. The molecule has 0 amide bonds. The van der Waals surface area contributed by atoms with Gasteiger partial charge in [-0.05, 0) is 42.3 Å². The van der Waals surface area contributed by atoms with Gasteiger partial charge >= 0.3 is 0 Å². The summed E-state index contributed by atoms with van der Waals surface area (Å²) in [5.41, 5.74) is 1.63. The molecular weight excluding hydrogens is 406 g/mol. The minimum absolute atomic E-state index is 0.265. The third kappa shape index (κ3) is 3.91. The van der Waals surface area contributed by atoms with Crippen molar-refractivity contribution in [1.82, 2.24) is 4.72 Å². The van der Waals surface area contributed by atoms with Crippen LogP contribution in [0.4, 0.5) is 0 Å². The number of nitrogens with one attached hydrogen (secondary N) is 1. The molecular formula is C14H13Br2NO2S. The second kappa shape index (κ2) is 6.39. The van der Waals surface area contributed by atoms with E-state index >= 15 is 0 Å². The van der Waals surface area contributed by atoms with Crippen LogP contribution >= 0.6 is 31.9 Å². The molecule has 1 N–H and O–H groups in total. The van der Waals surface area contributed by atoms with Crippen molar-refractivity contribution in [1.29, 1.82) is 0 Å². The standard InChI is InChI=1S/C14H13Br2NO2S/c1-10-2-5-13(16)8-14(10)20(18,19)17-9-11-3-6-12(15)7-4-11/h2-8,17H,9H2,1H3. The van der Waals surface area contributed by atoms with E-state index in [0.29, 0.717) is 4.90 Å². The van der Waals surface area contributed by atoms with Crippen LogP contribution in [0.3, 0.4) is 0 Å². The average molecular weight is 419 g/mol. The Hall–Kier alpha value is -0.690. The number of benzene rings is 2. The number of rotatable bonds is 4. The van der Waals surface area contributed by atoms with Crippen molar-refractivity contribution in [2.75, 3.05) is 0 Å². The number of aryl methyl sites for hydroxylation is 1. The van der Waals surface area contributed by atoms with Crippen molar-refractivity contribution < 1.29 is 8.42 Å². The summed E-state index contributed by atoms with van der Waals surface area (Å²) >= 11 is 6.64. The maximum Gasteiger partial charge on any atom is 0.241 e. The fourth-order valence-electron chi connectivity index (χ4n) is 1.72. The molecule has 0 aliphatic heterocycles. The maximum atomic E-state index is 12.3. The van der Waals surface area contributed by atoms with Gasteiger partial charge in [0.25, 0.3) is 0 Å². The van der Waals surface area contributed by atoms with E-state index in [4.69, 9.17) is 0 Å². The lowest BCUT2D eigenvalue weighted by atomic mass is 10.2. The normalized spacial score (nSPS) is 11.6. The molecule has 0 heterocycles. The molecule has 2 rings (SSSR count). The Kier molecular flexibility index (Phi) is 5.01. The van der Waals surface area contributed by atoms with Crippen molar-refractivity contribution in [3.05, 3.63) is 62.5 Å². The Morgan fingerprint density at radius 1 is 1.00 bits per heavy atom. The molecule has 3 nitrogen and oxygen atoms in total. The van der Waals surface area contributed by atoms with Crippen molar-refractivity contribution >= 4 is 41.9 Å². The second-order valence-corrected chi connectivity index (χ2v) is 7.93. The van der Waals surface area contributed by atoms with Crippen LogP contribution in [0, 0.1) is 6.92 Å². The Balaban J connectivity index is 2.19. The highest BCUT2D eigenvalue weighted by molar-refractivity contribution is 9.10. The molecule has 106 valence electrons. The smallest absolute Gasteiger partial charge is 0.207 e. The van der Waals surface area contributed by atoms with Gasteiger partial charge in [-0.2, -0.15) is 0 Å². The molecule has 0 aromatic heterocycles. The summed E-state index contributed by atoms with van der Waals surface area (Å²) in [4.78, 5) is 0.295. The lowest BCUT2D eigenvalue weighted by Gasteiger charge is -2.10. The molecule has 2 aromatic carbocycles. The fraction of sp³-hybridized carbons (Fsp3) is 0.143. The van der Waals surface area contributed by atoms with E-state index in [-0.39, 0.29) is 6.54 Å². The first kappa shape index (κ1) is 15.7. The Morgan fingerprint density at radius 2 is 1.60 bits per heavy atom. The predicted molar refractivity (Wildman–Crippen MR) is 87.0 cm³/mol. The first-order valence-electron chi connectivity index (χ1n) is 5.89. The van der Waals surface area contributed by atoms with Gasteiger partial charge in [-0.15, -0.1) is 0 Å². The molecule has 6 heteroatoms. The van der Waals surface area contributed by atoms with Crippen LogP contribution in [0.5, 0.6) is 0 Å². The van der Waals surface area contributed by atoms with Gasteiger partial charge in [0.05, 0.1) is 4.90 Å². The SMILES string of the molecule is Cc1ccc(Br)cc1S(=O)(=O)NCc1ccc(Br)cc1. The highest BCUT2D eigenvalue weighted by Gasteiger charge is 2.16. The van der Waals surface area contributed by atoms with Gasteiger partial charge in [0, 0.05) is 15.5 Å². The van der Waals surface area contributed by atoms with Crippen LogP contribution in [0.15, 0.2) is 56.3 Å². The Labute approximate surface area is 135 Å². The van der Waals surface area contributed by atoms with E-state index in [1.54, 1.807) is 19.1 Å². The third-order valence-corrected chi connectivity index (χ3v) is 5.38. The van der Waals surface area contributed by atoms with Crippen molar-refractivity contribution in [3.8, 4) is 0 Å². The summed E-state index contributed by atoms with van der Waals surface area (Å²) in [5, 5.41) is 0. The molecule has 0 aliphatic rings. The number of hydrogen-bond acceptors (Lipinski definition) is 2. The lowest BCUT2D eigenvalue weighted by Crippen LogP contribution is -2.24. The van der Waals surface area contributed by atoms with Crippen LogP contribution in [0.1, 0.15) is 11.1 Å². The summed E-state index contributed by atoms with van der Waals surface area (Å²) in [6.07, 6.45) is 0. The third-order valence-electron chi connectivity index (χ3n) is 2.82. The van der Waals surface area contributed by atoms with Crippen LogP contribution in [-0.4, -0.2) is 8.42 Å². The van der Waals surface area contributed by atoms with E-state index in [9.17, 15) is 8.42 Å². The van der Waals surface area contributed by atoms with Gasteiger partial charge in [0.2, 0.25) is 10.0 Å². The molecule has 0 bridgehead atoms. The summed E-state index contributed by atoms with van der Waals surface area (Å²) in [6, 6.07) is 12.7. The Morgan fingerprint density at radius 3 is 2.25 bits per heavy atom. The predicted octanol–water partition coefficient (Wildman–Crippen LogP) is 4.00. The molecule has 0 spiro atoms. The lowest BCUT2D eigenvalue weighted by molar-refractivity contribution is 0.580. The number of halogens is 2. The van der Waals surface area contributed by atoms with Gasteiger partial charge in [-0.1, -0.05) is 50.1 Å². The minimum atomic E-state index is -3.51. The Bertz CT molecular complexity index is 712. The quantitative estimate of drug-likeness (QED) is 0.815. The van der Waals surface area contributed by atoms with Crippen LogP contribution in [0.2, 0.25) is 0 Å². The van der Waals surface area contributed by atoms with Crippen molar-refractivity contribution in [2.24, 2.45) is 0 Å². The molecule has 20 heavy (non-hydrogen) atoms. The maximum absolute atomic E-state index is 12.3. The minimum Gasteiger partial charge on any atom is -0.207 e. The fourth-order valence-corrected chi connectivity index (χ4v) is 3.78. The molecule has 0 radical (unpaired) electrons. The topological polar surface area (TPSA) is 46.2 Å². The van der Waals surface area contributed by atoms with Gasteiger partial charge in [0.15, 0.2) is 0 Å². The molecule has 0 aliphatic carbocycles. The zero-order valence-corrected chi connectivity index (χ0v) is 14.7. The van der Waals surface area contributed by atoms with E-state index in [1.165, 1.54) is 0 Å². The van der Waals surface area contributed by atoms with Crippen LogP contribution in [0.25, 0.3) is 0 Å². The summed E-state index contributed by atoms with van der Waals surface area (Å²) < 4.78 is 28.9. The van der Waals surface area contributed by atoms with Crippen molar-refractivity contribution in [2.45, 2.75) is 18.4 Å². The molecule has 0 fully saturated rings. The summed E-state index contributed by atoms with van der Waals surface area (Å²) in [7, 11) is -3.51. The summed E-state index contributed by atoms with van der Waals surface area (Å²) in [6.45, 7) is 2.04. The van der Waals surface area contributed by atoms with Crippen LogP contribution < -0.4 is 4.72 Å². The first-order chi connectivity index (χ1) is 9.38. The summed E-state index contributed by atoms with van der Waals surface area (Å²) in [5.74, 6) is 0. The van der Waals surface area contributed by atoms with E-state index in [0.717, 1.165) is 20.1 Å². The van der Waals surface area contributed by atoms with Gasteiger partial charge in [0.1, 0.15) is 0 Å². The van der Waals surface area contributed by atoms with Gasteiger partial charge in [-0.25, -0.2) is 13.1 Å².